The summed E-state index contributed by atoms with van der Waals surface area (Å²) in [7, 11) is 0. The quantitative estimate of drug-likeness (QED) is 0.366. The summed E-state index contributed by atoms with van der Waals surface area (Å²) in [5, 5.41) is 0.0775. The molecule has 0 radical (unpaired) electrons. The summed E-state index contributed by atoms with van der Waals surface area (Å²) in [5.74, 6) is -1.45. The number of carbonyl (C=O) groups is 2. The zero-order chi connectivity index (χ0) is 20.4. The number of hydrogen-bond donors (Lipinski definition) is 0. The smallest absolute Gasteiger partial charge is 0.268 e. The topological polar surface area (TPSA) is 40.6 Å². The Balaban J connectivity index is 1.86. The largest absolute Gasteiger partial charge is 0.270 e. The first-order chi connectivity index (χ1) is 14.1. The van der Waals surface area contributed by atoms with Crippen LogP contribution >= 0.6 is 12.2 Å². The Kier molecular flexibility index (Phi) is 5.01. The molecule has 4 nitrogen and oxygen atoms in total. The first-order valence-corrected chi connectivity index (χ1v) is 9.27. The predicted molar refractivity (Wildman–Crippen MR) is 115 cm³/mol. The van der Waals surface area contributed by atoms with Crippen molar-refractivity contribution in [2.45, 2.75) is 0 Å². The van der Waals surface area contributed by atoms with E-state index < -0.39 is 17.6 Å². The molecular weight excluding hydrogens is 387 g/mol. The molecule has 4 rings (SSSR count). The molecule has 1 aliphatic heterocycles. The maximum absolute atomic E-state index is 13.2. The number of thiocarbonyl (C=S) groups is 1. The molecule has 142 valence electrons. The number of benzene rings is 3. The van der Waals surface area contributed by atoms with Crippen LogP contribution in [-0.2, 0) is 9.59 Å². The molecule has 1 fully saturated rings. The van der Waals surface area contributed by atoms with Crippen molar-refractivity contribution in [1.82, 2.24) is 0 Å². The summed E-state index contributed by atoms with van der Waals surface area (Å²) >= 11 is 5.53. The lowest BCUT2D eigenvalue weighted by atomic mass is 10.0. The molecule has 0 spiro atoms. The Labute approximate surface area is 172 Å². The standard InChI is InChI=1S/C23H15FN2O2S/c24-17-13-11-16(12-14-17)15-20-21(27)25(18-7-3-1-4-8-18)23(29)26(22(20)28)19-9-5-2-6-10-19/h1-15H. The molecule has 0 N–H and O–H groups in total. The summed E-state index contributed by atoms with van der Waals surface area (Å²) < 4.78 is 13.2. The third-order valence-corrected chi connectivity index (χ3v) is 4.82. The maximum Gasteiger partial charge on any atom is 0.270 e. The van der Waals surface area contributed by atoms with E-state index in [2.05, 4.69) is 0 Å². The second-order valence-electron chi connectivity index (χ2n) is 6.34. The maximum atomic E-state index is 13.2. The molecule has 3 aromatic carbocycles. The first-order valence-electron chi connectivity index (χ1n) is 8.86. The lowest BCUT2D eigenvalue weighted by Crippen LogP contribution is -2.56. The number of halogens is 1. The van der Waals surface area contributed by atoms with E-state index in [1.807, 2.05) is 12.1 Å². The molecule has 0 aliphatic carbocycles. The van der Waals surface area contributed by atoms with Crippen LogP contribution in [0.2, 0.25) is 0 Å². The molecule has 0 saturated carbocycles. The molecule has 3 aromatic rings. The summed E-state index contributed by atoms with van der Waals surface area (Å²) in [6.07, 6.45) is 1.46. The van der Waals surface area contributed by atoms with Gasteiger partial charge in [0.2, 0.25) is 0 Å². The highest BCUT2D eigenvalue weighted by Crippen LogP contribution is 2.29. The summed E-state index contributed by atoms with van der Waals surface area (Å²) in [5.41, 5.74) is 1.59. The van der Waals surface area contributed by atoms with Gasteiger partial charge in [0, 0.05) is 0 Å². The number of para-hydroxylation sites is 2. The van der Waals surface area contributed by atoms with E-state index in [1.54, 1.807) is 48.5 Å². The third-order valence-electron chi connectivity index (χ3n) is 4.46. The van der Waals surface area contributed by atoms with E-state index in [-0.39, 0.29) is 10.7 Å². The molecule has 1 saturated heterocycles. The Morgan fingerprint density at radius 2 is 1.14 bits per heavy atom. The third kappa shape index (κ3) is 3.58. The van der Waals surface area contributed by atoms with Gasteiger partial charge in [-0.05, 0) is 60.3 Å². The monoisotopic (exact) mass is 402 g/mol. The van der Waals surface area contributed by atoms with Crippen molar-refractivity contribution in [2.24, 2.45) is 0 Å². The van der Waals surface area contributed by atoms with Gasteiger partial charge >= 0.3 is 0 Å². The van der Waals surface area contributed by atoms with Crippen LogP contribution in [0.5, 0.6) is 0 Å². The van der Waals surface area contributed by atoms with E-state index in [9.17, 15) is 14.0 Å². The van der Waals surface area contributed by atoms with Gasteiger partial charge in [0.1, 0.15) is 11.4 Å². The molecule has 0 unspecified atom stereocenters. The molecule has 0 aromatic heterocycles. The van der Waals surface area contributed by atoms with Crippen molar-refractivity contribution in [3.05, 3.63) is 102 Å². The zero-order valence-electron chi connectivity index (χ0n) is 15.2. The Morgan fingerprint density at radius 1 is 0.690 bits per heavy atom. The second-order valence-corrected chi connectivity index (χ2v) is 6.71. The number of rotatable bonds is 3. The van der Waals surface area contributed by atoms with Crippen molar-refractivity contribution in [3.8, 4) is 0 Å². The average Bonchev–Trinajstić information content (AvgIpc) is 2.74. The minimum absolute atomic E-state index is 0.0575. The molecule has 29 heavy (non-hydrogen) atoms. The van der Waals surface area contributed by atoms with E-state index in [4.69, 9.17) is 12.2 Å². The Morgan fingerprint density at radius 3 is 1.59 bits per heavy atom. The fraction of sp³-hybridized carbons (Fsp3) is 0. The van der Waals surface area contributed by atoms with Crippen LogP contribution in [0.1, 0.15) is 5.56 Å². The average molecular weight is 402 g/mol. The van der Waals surface area contributed by atoms with Crippen LogP contribution < -0.4 is 9.80 Å². The number of carbonyl (C=O) groups excluding carboxylic acids is 2. The van der Waals surface area contributed by atoms with Crippen molar-refractivity contribution < 1.29 is 14.0 Å². The van der Waals surface area contributed by atoms with Crippen molar-refractivity contribution in [3.63, 3.8) is 0 Å². The van der Waals surface area contributed by atoms with Gasteiger partial charge in [-0.3, -0.25) is 19.4 Å². The highest BCUT2D eigenvalue weighted by atomic mass is 32.1. The van der Waals surface area contributed by atoms with Gasteiger partial charge in [0.05, 0.1) is 11.4 Å². The molecule has 2 amide bonds. The van der Waals surface area contributed by atoms with Crippen LogP contribution in [0, 0.1) is 5.82 Å². The second kappa shape index (κ2) is 7.77. The number of nitrogens with zero attached hydrogens (tertiary/aromatic N) is 2. The molecular formula is C23H15FN2O2S. The van der Waals surface area contributed by atoms with Crippen molar-refractivity contribution in [1.29, 1.82) is 0 Å². The van der Waals surface area contributed by atoms with Gasteiger partial charge in [0.25, 0.3) is 11.8 Å². The minimum atomic E-state index is -0.525. The van der Waals surface area contributed by atoms with Gasteiger partial charge in [0.15, 0.2) is 5.11 Å². The SMILES string of the molecule is O=C1C(=Cc2ccc(F)cc2)C(=O)N(c2ccccc2)C(=S)N1c1ccccc1. The van der Waals surface area contributed by atoms with E-state index >= 15 is 0 Å². The van der Waals surface area contributed by atoms with Gasteiger partial charge in [-0.1, -0.05) is 48.5 Å². The van der Waals surface area contributed by atoms with Crippen molar-refractivity contribution >= 4 is 46.6 Å². The number of amides is 2. The van der Waals surface area contributed by atoms with Gasteiger partial charge < -0.3 is 0 Å². The van der Waals surface area contributed by atoms with Gasteiger partial charge in [-0.25, -0.2) is 4.39 Å². The Bertz CT molecular complexity index is 1050. The molecule has 1 aliphatic rings. The van der Waals surface area contributed by atoms with Crippen LogP contribution in [0.4, 0.5) is 15.8 Å². The molecule has 0 atom stereocenters. The fourth-order valence-electron chi connectivity index (χ4n) is 3.06. The number of hydrogen-bond acceptors (Lipinski definition) is 3. The first kappa shape index (κ1) is 18.7. The van der Waals surface area contributed by atoms with E-state index in [1.165, 1.54) is 40.1 Å². The van der Waals surface area contributed by atoms with Gasteiger partial charge in [-0.2, -0.15) is 0 Å². The summed E-state index contributed by atoms with van der Waals surface area (Å²) in [4.78, 5) is 29.2. The predicted octanol–water partition coefficient (Wildman–Crippen LogP) is 4.57. The highest BCUT2D eigenvalue weighted by Gasteiger charge is 2.41. The molecule has 1 heterocycles. The molecule has 0 bridgehead atoms. The van der Waals surface area contributed by atoms with Crippen LogP contribution in [0.3, 0.4) is 0 Å². The highest BCUT2D eigenvalue weighted by molar-refractivity contribution is 7.81. The van der Waals surface area contributed by atoms with Crippen LogP contribution in [0.15, 0.2) is 90.5 Å². The summed E-state index contributed by atoms with van der Waals surface area (Å²) in [6.45, 7) is 0. The molecule has 6 heteroatoms. The van der Waals surface area contributed by atoms with E-state index in [0.29, 0.717) is 16.9 Å². The fourth-order valence-corrected chi connectivity index (χ4v) is 3.44. The summed E-state index contributed by atoms with van der Waals surface area (Å²) in [6, 6.07) is 23.4. The zero-order valence-corrected chi connectivity index (χ0v) is 16.0. The van der Waals surface area contributed by atoms with E-state index in [0.717, 1.165) is 0 Å². The Hall–Kier alpha value is -3.64. The lowest BCUT2D eigenvalue weighted by molar-refractivity contribution is -0.120. The minimum Gasteiger partial charge on any atom is -0.268 e. The lowest BCUT2D eigenvalue weighted by Gasteiger charge is -2.36. The van der Waals surface area contributed by atoms with Crippen LogP contribution in [0.25, 0.3) is 6.08 Å². The van der Waals surface area contributed by atoms with Gasteiger partial charge in [-0.15, -0.1) is 0 Å². The number of anilines is 2. The normalized spacial score (nSPS) is 14.4. The van der Waals surface area contributed by atoms with Crippen molar-refractivity contribution in [2.75, 3.05) is 9.80 Å². The van der Waals surface area contributed by atoms with Crippen LogP contribution in [-0.4, -0.2) is 16.9 Å².